The van der Waals surface area contributed by atoms with Crippen molar-refractivity contribution < 1.29 is 30.0 Å². The number of carbonyl (C=O) groups is 2. The Morgan fingerprint density at radius 3 is 2.13 bits per heavy atom. The Kier molecular flexibility index (Phi) is 4.55. The summed E-state index contributed by atoms with van der Waals surface area (Å²) in [5, 5.41) is 37.6. The van der Waals surface area contributed by atoms with E-state index in [-0.39, 0.29) is 12.2 Å². The topological polar surface area (TPSA) is 139 Å². The summed E-state index contributed by atoms with van der Waals surface area (Å²) in [4.78, 5) is 23.6. The number of aromatic hydroxyl groups is 4. The lowest BCUT2D eigenvalue weighted by molar-refractivity contribution is -0.121. The molecule has 0 atom stereocenters. The molecule has 0 saturated heterocycles. The monoisotopic (exact) mass is 318 g/mol. The van der Waals surface area contributed by atoms with Gasteiger partial charge in [-0.15, -0.1) is 0 Å². The van der Waals surface area contributed by atoms with E-state index in [4.69, 9.17) is 5.11 Å². The van der Waals surface area contributed by atoms with Crippen LogP contribution in [0.3, 0.4) is 0 Å². The van der Waals surface area contributed by atoms with Gasteiger partial charge in [-0.3, -0.25) is 20.4 Å². The summed E-state index contributed by atoms with van der Waals surface area (Å²) >= 11 is 0. The average molecular weight is 318 g/mol. The first-order valence-electron chi connectivity index (χ1n) is 6.49. The minimum atomic E-state index is -0.954. The van der Waals surface area contributed by atoms with Crippen LogP contribution < -0.4 is 10.9 Å². The van der Waals surface area contributed by atoms with Gasteiger partial charge in [0.1, 0.15) is 28.6 Å². The van der Waals surface area contributed by atoms with Crippen LogP contribution in [0.1, 0.15) is 15.9 Å². The fourth-order valence-corrected chi connectivity index (χ4v) is 1.92. The Labute approximate surface area is 130 Å². The lowest BCUT2D eigenvalue weighted by Crippen LogP contribution is -2.42. The molecule has 6 N–H and O–H groups in total. The number of rotatable bonds is 3. The predicted molar refractivity (Wildman–Crippen MR) is 78.9 cm³/mol. The molecule has 2 amide bonds. The highest BCUT2D eigenvalue weighted by molar-refractivity contribution is 6.00. The highest BCUT2D eigenvalue weighted by Crippen LogP contribution is 2.31. The molecule has 2 rings (SSSR count). The fourth-order valence-electron chi connectivity index (χ4n) is 1.92. The van der Waals surface area contributed by atoms with Gasteiger partial charge in [0.25, 0.3) is 5.91 Å². The van der Waals surface area contributed by atoms with Crippen molar-refractivity contribution in [3.05, 3.63) is 47.5 Å². The number of hydrazine groups is 1. The lowest BCUT2D eigenvalue weighted by Gasteiger charge is -2.10. The third-order valence-electron chi connectivity index (χ3n) is 2.90. The maximum Gasteiger partial charge on any atom is 0.277 e. The SMILES string of the molecule is O=C(Cc1cccc(O)c1)NNC(=O)c1c(O)cc(O)cc1O. The number of amides is 2. The van der Waals surface area contributed by atoms with Gasteiger partial charge in [-0.1, -0.05) is 12.1 Å². The molecule has 0 spiro atoms. The molecule has 0 aromatic heterocycles. The van der Waals surface area contributed by atoms with Crippen molar-refractivity contribution >= 4 is 11.8 Å². The molecular weight excluding hydrogens is 304 g/mol. The van der Waals surface area contributed by atoms with Gasteiger partial charge in [-0.05, 0) is 17.7 Å². The maximum absolute atomic E-state index is 11.8. The van der Waals surface area contributed by atoms with E-state index >= 15 is 0 Å². The van der Waals surface area contributed by atoms with E-state index in [2.05, 4.69) is 5.43 Å². The summed E-state index contributed by atoms with van der Waals surface area (Å²) in [5.74, 6) is -3.20. The predicted octanol–water partition coefficient (Wildman–Crippen LogP) is 0.513. The number of hydrogen-bond acceptors (Lipinski definition) is 6. The minimum absolute atomic E-state index is 0.0123. The Morgan fingerprint density at radius 1 is 0.870 bits per heavy atom. The van der Waals surface area contributed by atoms with Gasteiger partial charge in [0.15, 0.2) is 0 Å². The molecule has 0 aliphatic carbocycles. The van der Waals surface area contributed by atoms with Gasteiger partial charge in [0, 0.05) is 12.1 Å². The first-order chi connectivity index (χ1) is 10.9. The Hall–Kier alpha value is -3.42. The van der Waals surface area contributed by atoms with Gasteiger partial charge < -0.3 is 20.4 Å². The van der Waals surface area contributed by atoms with Crippen LogP contribution in [-0.4, -0.2) is 32.2 Å². The van der Waals surface area contributed by atoms with Crippen molar-refractivity contribution in [3.8, 4) is 23.0 Å². The minimum Gasteiger partial charge on any atom is -0.508 e. The average Bonchev–Trinajstić information content (AvgIpc) is 2.44. The van der Waals surface area contributed by atoms with Crippen LogP contribution >= 0.6 is 0 Å². The highest BCUT2D eigenvalue weighted by Gasteiger charge is 2.18. The van der Waals surface area contributed by atoms with E-state index < -0.39 is 34.6 Å². The Morgan fingerprint density at radius 2 is 1.52 bits per heavy atom. The molecule has 2 aromatic carbocycles. The first-order valence-corrected chi connectivity index (χ1v) is 6.49. The van der Waals surface area contributed by atoms with Gasteiger partial charge in [-0.25, -0.2) is 0 Å². The van der Waals surface area contributed by atoms with E-state index in [0.717, 1.165) is 12.1 Å². The summed E-state index contributed by atoms with van der Waals surface area (Å²) in [5.41, 5.74) is 4.19. The van der Waals surface area contributed by atoms with Gasteiger partial charge in [-0.2, -0.15) is 0 Å². The third-order valence-corrected chi connectivity index (χ3v) is 2.90. The second kappa shape index (κ2) is 6.56. The molecule has 8 heteroatoms. The zero-order chi connectivity index (χ0) is 17.0. The normalized spacial score (nSPS) is 10.1. The van der Waals surface area contributed by atoms with Crippen LogP contribution in [0.4, 0.5) is 0 Å². The summed E-state index contributed by atoms with van der Waals surface area (Å²) < 4.78 is 0. The molecule has 2 aromatic rings. The molecule has 0 fully saturated rings. The van der Waals surface area contributed by atoms with Crippen LogP contribution in [0.2, 0.25) is 0 Å². The Bertz CT molecular complexity index is 736. The van der Waals surface area contributed by atoms with Gasteiger partial charge >= 0.3 is 0 Å². The number of hydrogen-bond donors (Lipinski definition) is 6. The zero-order valence-corrected chi connectivity index (χ0v) is 11.8. The molecule has 0 radical (unpaired) electrons. The number of nitrogens with one attached hydrogen (secondary N) is 2. The second-order valence-corrected chi connectivity index (χ2v) is 4.71. The van der Waals surface area contributed by atoms with Crippen molar-refractivity contribution in [1.82, 2.24) is 10.9 Å². The molecule has 0 saturated carbocycles. The fraction of sp³-hybridized carbons (Fsp3) is 0.0667. The van der Waals surface area contributed by atoms with Gasteiger partial charge in [0.05, 0.1) is 6.42 Å². The second-order valence-electron chi connectivity index (χ2n) is 4.71. The smallest absolute Gasteiger partial charge is 0.277 e. The van der Waals surface area contributed by atoms with Crippen LogP contribution in [0.25, 0.3) is 0 Å². The highest BCUT2D eigenvalue weighted by atomic mass is 16.3. The number of phenols is 4. The standard InChI is InChI=1S/C15H14N2O6/c18-9-3-1-2-8(4-9)5-13(22)16-17-15(23)14-11(20)6-10(19)7-12(14)21/h1-4,6-7,18-21H,5H2,(H,16,22)(H,17,23). The van der Waals surface area contributed by atoms with Crippen molar-refractivity contribution in [2.45, 2.75) is 6.42 Å². The molecule has 0 aliphatic heterocycles. The van der Waals surface area contributed by atoms with Crippen molar-refractivity contribution in [3.63, 3.8) is 0 Å². The summed E-state index contributed by atoms with van der Waals surface area (Å²) in [6.07, 6.45) is -0.0950. The van der Waals surface area contributed by atoms with E-state index in [1.165, 1.54) is 12.1 Å². The largest absolute Gasteiger partial charge is 0.508 e. The van der Waals surface area contributed by atoms with Crippen molar-refractivity contribution in [2.24, 2.45) is 0 Å². The van der Waals surface area contributed by atoms with E-state index in [0.29, 0.717) is 5.56 Å². The Balaban J connectivity index is 1.98. The number of phenolic OH excluding ortho intramolecular Hbond substituents is 4. The molecule has 0 aliphatic rings. The summed E-state index contributed by atoms with van der Waals surface area (Å²) in [6.45, 7) is 0. The molecule has 120 valence electrons. The molecular formula is C15H14N2O6. The van der Waals surface area contributed by atoms with Crippen LogP contribution in [0, 0.1) is 0 Å². The summed E-state index contributed by atoms with van der Waals surface area (Å²) in [6, 6.07) is 7.81. The molecule has 0 bridgehead atoms. The summed E-state index contributed by atoms with van der Waals surface area (Å²) in [7, 11) is 0. The van der Waals surface area contributed by atoms with E-state index in [1.807, 2.05) is 5.43 Å². The molecule has 0 unspecified atom stereocenters. The first kappa shape index (κ1) is 16.0. The number of benzene rings is 2. The lowest BCUT2D eigenvalue weighted by atomic mass is 10.1. The third kappa shape index (κ3) is 4.03. The van der Waals surface area contributed by atoms with Crippen LogP contribution in [-0.2, 0) is 11.2 Å². The molecule has 8 nitrogen and oxygen atoms in total. The maximum atomic E-state index is 11.8. The van der Waals surface area contributed by atoms with Crippen molar-refractivity contribution in [1.29, 1.82) is 0 Å². The van der Waals surface area contributed by atoms with E-state index in [9.17, 15) is 24.9 Å². The molecule has 23 heavy (non-hydrogen) atoms. The van der Waals surface area contributed by atoms with Crippen LogP contribution in [0.5, 0.6) is 23.0 Å². The van der Waals surface area contributed by atoms with Gasteiger partial charge in [0.2, 0.25) is 5.91 Å². The van der Waals surface area contributed by atoms with Crippen molar-refractivity contribution in [2.75, 3.05) is 0 Å². The molecule has 0 heterocycles. The quantitative estimate of drug-likeness (QED) is 0.456. The number of carbonyl (C=O) groups excluding carboxylic acids is 2. The van der Waals surface area contributed by atoms with Crippen LogP contribution in [0.15, 0.2) is 36.4 Å². The van der Waals surface area contributed by atoms with E-state index in [1.54, 1.807) is 12.1 Å². The zero-order valence-electron chi connectivity index (χ0n) is 11.8.